The van der Waals surface area contributed by atoms with Crippen LogP contribution in [0.5, 0.6) is 0 Å². The largest absolute Gasteiger partial charge is 0.274 e. The second kappa shape index (κ2) is 3.14. The summed E-state index contributed by atoms with van der Waals surface area (Å²) in [7, 11) is -1.46. The third-order valence-electron chi connectivity index (χ3n) is 1.90. The van der Waals surface area contributed by atoms with E-state index < -0.39 is 15.1 Å². The van der Waals surface area contributed by atoms with Crippen molar-refractivity contribution in [2.45, 2.75) is 30.9 Å². The third kappa shape index (κ3) is 1.75. The highest BCUT2D eigenvalue weighted by Crippen LogP contribution is 2.18. The molecule has 1 aromatic rings. The van der Waals surface area contributed by atoms with Crippen LogP contribution in [0.25, 0.3) is 0 Å². The van der Waals surface area contributed by atoms with Crippen LogP contribution in [0.3, 0.4) is 0 Å². The Hall–Kier alpha value is -0.840. The second-order valence-electron chi connectivity index (χ2n) is 3.35. The summed E-state index contributed by atoms with van der Waals surface area (Å²) in [6, 6.07) is 0. The summed E-state index contributed by atoms with van der Waals surface area (Å²) in [6.45, 7) is 5.04. The Bertz CT molecular complexity index is 404. The van der Waals surface area contributed by atoms with Gasteiger partial charge in [-0.3, -0.25) is 4.68 Å². The predicted octanol–water partition coefficient (Wildman–Crippen LogP) is 0.911. The number of rotatable bonds is 2. The summed E-state index contributed by atoms with van der Waals surface area (Å²) < 4.78 is 24.9. The lowest BCUT2D eigenvalue weighted by atomic mass is 10.5. The fourth-order valence-electron chi connectivity index (χ4n) is 1.11. The number of nitrogens with zero attached hydrogens (tertiary/aromatic N) is 2. The Balaban J connectivity index is 3.31. The highest BCUT2D eigenvalue weighted by molar-refractivity contribution is 7.92. The van der Waals surface area contributed by atoms with Crippen molar-refractivity contribution in [2.24, 2.45) is 7.05 Å². The molecule has 0 radical (unpaired) electrons. The maximum Gasteiger partial charge on any atom is 0.184 e. The first-order chi connectivity index (χ1) is 5.85. The molecule has 4 nitrogen and oxygen atoms in total. The maximum absolute atomic E-state index is 11.7. The molecule has 0 atom stereocenters. The normalized spacial score (nSPS) is 12.4. The van der Waals surface area contributed by atoms with Crippen molar-refractivity contribution in [1.82, 2.24) is 9.78 Å². The van der Waals surface area contributed by atoms with Crippen LogP contribution in [-0.4, -0.2) is 23.4 Å². The molecule has 0 N–H and O–H groups in total. The molecule has 0 spiro atoms. The Morgan fingerprint density at radius 3 is 2.31 bits per heavy atom. The summed E-state index contributed by atoms with van der Waals surface area (Å²) in [5.41, 5.74) is 0.566. The van der Waals surface area contributed by atoms with E-state index in [1.807, 2.05) is 0 Å². The molecule has 0 aliphatic carbocycles. The molecule has 0 amide bonds. The smallest absolute Gasteiger partial charge is 0.184 e. The van der Waals surface area contributed by atoms with Crippen LogP contribution < -0.4 is 0 Å². The summed E-state index contributed by atoms with van der Waals surface area (Å²) in [5, 5.41) is 3.60. The molecule has 1 rings (SSSR count). The number of hydrogen-bond acceptors (Lipinski definition) is 3. The van der Waals surface area contributed by atoms with Crippen LogP contribution in [0.15, 0.2) is 11.1 Å². The SMILES string of the molecule is Cc1nn(C)cc1S(=O)(=O)C(C)C. The van der Waals surface area contributed by atoms with Crippen molar-refractivity contribution in [2.75, 3.05) is 0 Å². The monoisotopic (exact) mass is 202 g/mol. The number of aromatic nitrogens is 2. The summed E-state index contributed by atoms with van der Waals surface area (Å²) in [6.07, 6.45) is 1.55. The standard InChI is InChI=1S/C8H14N2O2S/c1-6(2)13(11,12)8-5-10(4)9-7(8)3/h5-6H,1-4H3. The van der Waals surface area contributed by atoms with Gasteiger partial charge in [0.2, 0.25) is 0 Å². The van der Waals surface area contributed by atoms with Gasteiger partial charge in [-0.1, -0.05) is 0 Å². The maximum atomic E-state index is 11.7. The van der Waals surface area contributed by atoms with E-state index in [2.05, 4.69) is 5.10 Å². The molecule has 0 aliphatic rings. The van der Waals surface area contributed by atoms with E-state index in [0.29, 0.717) is 10.6 Å². The zero-order valence-corrected chi connectivity index (χ0v) is 9.09. The van der Waals surface area contributed by atoms with Gasteiger partial charge in [0.1, 0.15) is 4.90 Å². The molecule has 0 saturated carbocycles. The van der Waals surface area contributed by atoms with Crippen LogP contribution in [-0.2, 0) is 16.9 Å². The minimum Gasteiger partial charge on any atom is -0.274 e. The molecule has 74 valence electrons. The first-order valence-electron chi connectivity index (χ1n) is 4.10. The van der Waals surface area contributed by atoms with Gasteiger partial charge in [0.15, 0.2) is 9.84 Å². The number of sulfone groups is 1. The van der Waals surface area contributed by atoms with E-state index in [-0.39, 0.29) is 0 Å². The molecule has 1 aromatic heterocycles. The minimum absolute atomic E-state index is 0.338. The van der Waals surface area contributed by atoms with Crippen molar-refractivity contribution in [1.29, 1.82) is 0 Å². The molecular weight excluding hydrogens is 188 g/mol. The van der Waals surface area contributed by atoms with Gasteiger partial charge in [-0.15, -0.1) is 0 Å². The lowest BCUT2D eigenvalue weighted by molar-refractivity contribution is 0.586. The van der Waals surface area contributed by atoms with Crippen LogP contribution in [0, 0.1) is 6.92 Å². The van der Waals surface area contributed by atoms with E-state index in [4.69, 9.17) is 0 Å². The van der Waals surface area contributed by atoms with Gasteiger partial charge in [0.05, 0.1) is 10.9 Å². The van der Waals surface area contributed by atoms with E-state index >= 15 is 0 Å². The molecule has 0 aromatic carbocycles. The fraction of sp³-hybridized carbons (Fsp3) is 0.625. The van der Waals surface area contributed by atoms with Gasteiger partial charge in [-0.25, -0.2) is 8.42 Å². The Morgan fingerprint density at radius 1 is 1.46 bits per heavy atom. The van der Waals surface area contributed by atoms with E-state index in [1.165, 1.54) is 4.68 Å². The lowest BCUT2D eigenvalue weighted by Crippen LogP contribution is -2.14. The average molecular weight is 202 g/mol. The fourth-order valence-corrected chi connectivity index (χ4v) is 2.37. The molecule has 0 saturated heterocycles. The first kappa shape index (κ1) is 10.2. The minimum atomic E-state index is -3.17. The van der Waals surface area contributed by atoms with E-state index in [9.17, 15) is 8.42 Å². The molecule has 0 aliphatic heterocycles. The predicted molar refractivity (Wildman–Crippen MR) is 50.3 cm³/mol. The first-order valence-corrected chi connectivity index (χ1v) is 5.64. The average Bonchev–Trinajstić information content (AvgIpc) is 2.30. The molecule has 5 heteroatoms. The van der Waals surface area contributed by atoms with Crippen molar-refractivity contribution in [3.05, 3.63) is 11.9 Å². The Morgan fingerprint density at radius 2 is 2.00 bits per heavy atom. The van der Waals surface area contributed by atoms with E-state index in [0.717, 1.165) is 0 Å². The topological polar surface area (TPSA) is 52.0 Å². The van der Waals surface area contributed by atoms with Gasteiger partial charge in [-0.2, -0.15) is 5.10 Å². The third-order valence-corrected chi connectivity index (χ3v) is 4.15. The molecular formula is C8H14N2O2S. The van der Waals surface area contributed by atoms with Crippen molar-refractivity contribution in [3.63, 3.8) is 0 Å². The number of aryl methyl sites for hydroxylation is 2. The highest BCUT2D eigenvalue weighted by atomic mass is 32.2. The van der Waals surface area contributed by atoms with Crippen molar-refractivity contribution < 1.29 is 8.42 Å². The zero-order chi connectivity index (χ0) is 10.2. The summed E-state index contributed by atoms with van der Waals surface area (Å²) in [4.78, 5) is 0.338. The van der Waals surface area contributed by atoms with Gasteiger partial charge in [-0.05, 0) is 20.8 Å². The lowest BCUT2D eigenvalue weighted by Gasteiger charge is -2.04. The zero-order valence-electron chi connectivity index (χ0n) is 8.27. The van der Waals surface area contributed by atoms with Crippen molar-refractivity contribution in [3.8, 4) is 0 Å². The van der Waals surface area contributed by atoms with Gasteiger partial charge in [0.25, 0.3) is 0 Å². The molecule has 0 unspecified atom stereocenters. The Kier molecular flexibility index (Phi) is 2.47. The number of hydrogen-bond donors (Lipinski definition) is 0. The van der Waals surface area contributed by atoms with Crippen LogP contribution in [0.2, 0.25) is 0 Å². The second-order valence-corrected chi connectivity index (χ2v) is 5.82. The van der Waals surface area contributed by atoms with Gasteiger partial charge in [0, 0.05) is 13.2 Å². The molecule has 0 bridgehead atoms. The van der Waals surface area contributed by atoms with Gasteiger partial charge < -0.3 is 0 Å². The molecule has 1 heterocycles. The van der Waals surface area contributed by atoms with Crippen molar-refractivity contribution >= 4 is 9.84 Å². The molecule has 13 heavy (non-hydrogen) atoms. The quantitative estimate of drug-likeness (QED) is 0.716. The highest BCUT2D eigenvalue weighted by Gasteiger charge is 2.23. The summed E-state index contributed by atoms with van der Waals surface area (Å²) >= 11 is 0. The van der Waals surface area contributed by atoms with Gasteiger partial charge >= 0.3 is 0 Å². The summed E-state index contributed by atoms with van der Waals surface area (Å²) in [5.74, 6) is 0. The Labute approximate surface area is 78.5 Å². The van der Waals surface area contributed by atoms with E-state index in [1.54, 1.807) is 34.0 Å². The van der Waals surface area contributed by atoms with Crippen LogP contribution >= 0.6 is 0 Å². The van der Waals surface area contributed by atoms with Crippen LogP contribution in [0.4, 0.5) is 0 Å². The molecule has 0 fully saturated rings. The van der Waals surface area contributed by atoms with Crippen LogP contribution in [0.1, 0.15) is 19.5 Å².